The number of terminal acetylenes is 1. The molecule has 2 rings (SSSR count). The number of hydrogen-bond donors (Lipinski definition) is 1. The van der Waals surface area contributed by atoms with Crippen molar-refractivity contribution in [1.29, 1.82) is 0 Å². The Labute approximate surface area is 120 Å². The molecular weight excluding hydrogens is 250 g/mol. The Morgan fingerprint density at radius 3 is 2.90 bits per heavy atom. The fraction of sp³-hybridized carbons (Fsp3) is 0.294. The highest BCUT2D eigenvalue weighted by Crippen LogP contribution is 2.14. The number of nitrogens with one attached hydrogen (secondary N) is 1. The first-order valence-corrected chi connectivity index (χ1v) is 6.71. The van der Waals surface area contributed by atoms with Gasteiger partial charge in [0.15, 0.2) is 5.76 Å². The molecule has 0 aliphatic carbocycles. The van der Waals surface area contributed by atoms with Crippen molar-refractivity contribution >= 4 is 0 Å². The van der Waals surface area contributed by atoms with Gasteiger partial charge < -0.3 is 14.1 Å². The SMILES string of the molecule is C#CCOc1cccc(C[NH+](C)[C@@H](C)c2ccco2)c1. The van der Waals surface area contributed by atoms with Crippen LogP contribution in [0.5, 0.6) is 5.75 Å². The summed E-state index contributed by atoms with van der Waals surface area (Å²) < 4.78 is 10.9. The Morgan fingerprint density at radius 1 is 1.35 bits per heavy atom. The van der Waals surface area contributed by atoms with Gasteiger partial charge in [0, 0.05) is 5.56 Å². The first kappa shape index (κ1) is 14.2. The molecule has 1 aromatic carbocycles. The van der Waals surface area contributed by atoms with Crippen molar-refractivity contribution in [2.75, 3.05) is 13.7 Å². The lowest BCUT2D eigenvalue weighted by Crippen LogP contribution is -3.07. The third-order valence-corrected chi connectivity index (χ3v) is 3.41. The smallest absolute Gasteiger partial charge is 0.160 e. The molecule has 1 aromatic heterocycles. The first-order chi connectivity index (χ1) is 9.70. The Hall–Kier alpha value is -2.18. The van der Waals surface area contributed by atoms with Gasteiger partial charge in [-0.3, -0.25) is 0 Å². The average molecular weight is 270 g/mol. The van der Waals surface area contributed by atoms with E-state index in [1.165, 1.54) is 10.5 Å². The number of rotatable bonds is 6. The molecule has 0 aliphatic heterocycles. The Balaban J connectivity index is 2.00. The highest BCUT2D eigenvalue weighted by atomic mass is 16.5. The summed E-state index contributed by atoms with van der Waals surface area (Å²) in [6.45, 7) is 3.36. The fourth-order valence-corrected chi connectivity index (χ4v) is 2.13. The van der Waals surface area contributed by atoms with Gasteiger partial charge in [-0.1, -0.05) is 18.1 Å². The van der Waals surface area contributed by atoms with Crippen molar-refractivity contribution in [3.05, 3.63) is 54.0 Å². The van der Waals surface area contributed by atoms with Crippen molar-refractivity contribution in [1.82, 2.24) is 0 Å². The number of ether oxygens (including phenoxy) is 1. The van der Waals surface area contributed by atoms with Gasteiger partial charge in [0.25, 0.3) is 0 Å². The van der Waals surface area contributed by atoms with Crippen LogP contribution in [-0.4, -0.2) is 13.7 Å². The maximum Gasteiger partial charge on any atom is 0.160 e. The minimum Gasteiger partial charge on any atom is -0.481 e. The van der Waals surface area contributed by atoms with E-state index in [1.807, 2.05) is 30.3 Å². The van der Waals surface area contributed by atoms with Gasteiger partial charge in [0.1, 0.15) is 24.9 Å². The van der Waals surface area contributed by atoms with Crippen LogP contribution in [0.3, 0.4) is 0 Å². The molecule has 1 N–H and O–H groups in total. The molecule has 3 heteroatoms. The van der Waals surface area contributed by atoms with Gasteiger partial charge in [0.2, 0.25) is 0 Å². The monoisotopic (exact) mass is 270 g/mol. The topological polar surface area (TPSA) is 26.8 Å². The molecule has 0 saturated carbocycles. The molecular formula is C17H20NO2+. The second-order valence-electron chi connectivity index (χ2n) is 4.90. The quantitative estimate of drug-likeness (QED) is 0.814. The van der Waals surface area contributed by atoms with Crippen LogP contribution >= 0.6 is 0 Å². The van der Waals surface area contributed by atoms with Gasteiger partial charge in [-0.2, -0.15) is 0 Å². The lowest BCUT2D eigenvalue weighted by Gasteiger charge is -2.20. The third kappa shape index (κ3) is 3.66. The zero-order valence-electron chi connectivity index (χ0n) is 11.9. The van der Waals surface area contributed by atoms with Crippen molar-refractivity contribution in [3.8, 4) is 18.1 Å². The minimum absolute atomic E-state index is 0.301. The van der Waals surface area contributed by atoms with Crippen LogP contribution in [0, 0.1) is 12.3 Å². The average Bonchev–Trinajstić information content (AvgIpc) is 2.98. The van der Waals surface area contributed by atoms with E-state index in [1.54, 1.807) is 6.26 Å². The van der Waals surface area contributed by atoms with Crippen molar-refractivity contribution in [3.63, 3.8) is 0 Å². The van der Waals surface area contributed by atoms with Gasteiger partial charge in [0.05, 0.1) is 13.3 Å². The number of benzene rings is 1. The highest BCUT2D eigenvalue weighted by Gasteiger charge is 2.18. The van der Waals surface area contributed by atoms with Crippen molar-refractivity contribution < 1.29 is 14.1 Å². The summed E-state index contributed by atoms with van der Waals surface area (Å²) >= 11 is 0. The lowest BCUT2D eigenvalue weighted by molar-refractivity contribution is -0.925. The summed E-state index contributed by atoms with van der Waals surface area (Å²) in [7, 11) is 2.15. The molecule has 0 amide bonds. The summed E-state index contributed by atoms with van der Waals surface area (Å²) in [5, 5.41) is 0. The van der Waals surface area contributed by atoms with E-state index in [0.717, 1.165) is 18.1 Å². The molecule has 104 valence electrons. The van der Waals surface area contributed by atoms with Crippen molar-refractivity contribution in [2.45, 2.75) is 19.5 Å². The van der Waals surface area contributed by atoms with Crippen LogP contribution in [0.4, 0.5) is 0 Å². The summed E-state index contributed by atoms with van der Waals surface area (Å²) in [6.07, 6.45) is 6.92. The lowest BCUT2D eigenvalue weighted by atomic mass is 10.1. The van der Waals surface area contributed by atoms with Crippen LogP contribution in [0.25, 0.3) is 0 Å². The van der Waals surface area contributed by atoms with Crippen LogP contribution in [-0.2, 0) is 6.54 Å². The molecule has 1 heterocycles. The normalized spacial score (nSPS) is 13.4. The van der Waals surface area contributed by atoms with Crippen LogP contribution < -0.4 is 9.64 Å². The Kier molecular flexibility index (Phi) is 4.86. The van der Waals surface area contributed by atoms with E-state index >= 15 is 0 Å². The van der Waals surface area contributed by atoms with Crippen LogP contribution in [0.1, 0.15) is 24.3 Å². The molecule has 20 heavy (non-hydrogen) atoms. The Morgan fingerprint density at radius 2 is 2.20 bits per heavy atom. The maximum atomic E-state index is 5.46. The van der Waals surface area contributed by atoms with E-state index in [2.05, 4.69) is 26.0 Å². The highest BCUT2D eigenvalue weighted by molar-refractivity contribution is 5.28. The standard InChI is InChI=1S/C17H19NO2/c1-4-10-19-16-8-5-7-15(12-16)13-18(3)14(2)17-9-6-11-20-17/h1,5-9,11-12,14H,10,13H2,2-3H3/p+1/t14-/m0/s1. The molecule has 0 aliphatic rings. The summed E-state index contributed by atoms with van der Waals surface area (Å²) in [5.41, 5.74) is 1.22. The molecule has 0 radical (unpaired) electrons. The van der Waals surface area contributed by atoms with E-state index < -0.39 is 0 Å². The number of hydrogen-bond acceptors (Lipinski definition) is 2. The Bertz CT molecular complexity index is 569. The molecule has 0 bridgehead atoms. The summed E-state index contributed by atoms with van der Waals surface area (Å²) in [4.78, 5) is 1.36. The van der Waals surface area contributed by atoms with E-state index in [4.69, 9.17) is 15.6 Å². The largest absolute Gasteiger partial charge is 0.481 e. The summed E-state index contributed by atoms with van der Waals surface area (Å²) in [6, 6.07) is 12.3. The van der Waals surface area contributed by atoms with E-state index in [0.29, 0.717) is 12.6 Å². The van der Waals surface area contributed by atoms with Crippen LogP contribution in [0.2, 0.25) is 0 Å². The number of quaternary nitrogens is 1. The molecule has 2 atom stereocenters. The summed E-state index contributed by atoms with van der Waals surface area (Å²) in [5.74, 6) is 4.29. The molecule has 0 spiro atoms. The van der Waals surface area contributed by atoms with Crippen LogP contribution in [0.15, 0.2) is 47.1 Å². The molecule has 2 aromatic rings. The zero-order valence-corrected chi connectivity index (χ0v) is 11.9. The molecule has 3 nitrogen and oxygen atoms in total. The van der Waals surface area contributed by atoms with Gasteiger partial charge >= 0.3 is 0 Å². The van der Waals surface area contributed by atoms with Gasteiger partial charge in [-0.25, -0.2) is 0 Å². The molecule has 0 saturated heterocycles. The zero-order chi connectivity index (χ0) is 14.4. The van der Waals surface area contributed by atoms with E-state index in [-0.39, 0.29) is 0 Å². The second kappa shape index (κ2) is 6.83. The molecule has 1 unspecified atom stereocenters. The third-order valence-electron chi connectivity index (χ3n) is 3.41. The predicted octanol–water partition coefficient (Wildman–Crippen LogP) is 2.07. The van der Waals surface area contributed by atoms with Crippen molar-refractivity contribution in [2.24, 2.45) is 0 Å². The predicted molar refractivity (Wildman–Crippen MR) is 78.5 cm³/mol. The van der Waals surface area contributed by atoms with E-state index in [9.17, 15) is 0 Å². The molecule has 0 fully saturated rings. The first-order valence-electron chi connectivity index (χ1n) is 6.71. The van der Waals surface area contributed by atoms with Gasteiger partial charge in [-0.15, -0.1) is 6.42 Å². The number of furan rings is 1. The fourth-order valence-electron chi connectivity index (χ4n) is 2.13. The minimum atomic E-state index is 0.301. The maximum absolute atomic E-state index is 5.46. The second-order valence-corrected chi connectivity index (χ2v) is 4.90. The van der Waals surface area contributed by atoms with Gasteiger partial charge in [-0.05, 0) is 31.2 Å².